The van der Waals surface area contributed by atoms with E-state index in [0.717, 1.165) is 18.7 Å². The van der Waals surface area contributed by atoms with Crippen LogP contribution in [0.5, 0.6) is 0 Å². The summed E-state index contributed by atoms with van der Waals surface area (Å²) in [5, 5.41) is 2.86. The van der Waals surface area contributed by atoms with E-state index in [-0.39, 0.29) is 18.4 Å². The van der Waals surface area contributed by atoms with Crippen LogP contribution in [0.15, 0.2) is 42.6 Å². The fraction of sp³-hybridized carbons (Fsp3) is 0.458. The first kappa shape index (κ1) is 25.5. The highest BCUT2D eigenvalue weighted by Crippen LogP contribution is 2.29. The molecule has 0 spiro atoms. The van der Waals surface area contributed by atoms with Crippen molar-refractivity contribution in [3.63, 3.8) is 0 Å². The number of alkyl halides is 3. The van der Waals surface area contributed by atoms with Crippen molar-refractivity contribution in [3.05, 3.63) is 53.7 Å². The number of carbonyl (C=O) groups is 2. The Labute approximate surface area is 197 Å². The SMILES string of the molecule is CCN(CC)C(=O)c1cccc(NC(=O)CN2CCCN(c3ccc(C(F)(F)F)cn3)CC2)c1. The van der Waals surface area contributed by atoms with E-state index >= 15 is 0 Å². The van der Waals surface area contributed by atoms with Crippen LogP contribution >= 0.6 is 0 Å². The fourth-order valence-corrected chi connectivity index (χ4v) is 3.93. The van der Waals surface area contributed by atoms with Crippen molar-refractivity contribution in [2.75, 3.05) is 56.0 Å². The van der Waals surface area contributed by atoms with Gasteiger partial charge in [0.25, 0.3) is 5.91 Å². The third-order valence-corrected chi connectivity index (χ3v) is 5.80. The van der Waals surface area contributed by atoms with Crippen LogP contribution < -0.4 is 10.2 Å². The van der Waals surface area contributed by atoms with Gasteiger partial charge in [0.05, 0.1) is 12.1 Å². The molecule has 1 saturated heterocycles. The Bertz CT molecular complexity index is 977. The molecule has 7 nitrogen and oxygen atoms in total. The molecule has 0 atom stereocenters. The highest BCUT2D eigenvalue weighted by atomic mass is 19.4. The Morgan fingerprint density at radius 3 is 2.47 bits per heavy atom. The average molecular weight is 478 g/mol. The second-order valence-corrected chi connectivity index (χ2v) is 8.13. The van der Waals surface area contributed by atoms with Crippen molar-refractivity contribution in [1.82, 2.24) is 14.8 Å². The van der Waals surface area contributed by atoms with Crippen molar-refractivity contribution < 1.29 is 22.8 Å². The molecule has 1 aliphatic heterocycles. The van der Waals surface area contributed by atoms with Crippen LogP contribution in [0, 0.1) is 0 Å². The number of anilines is 2. The molecule has 0 saturated carbocycles. The molecule has 34 heavy (non-hydrogen) atoms. The molecule has 1 N–H and O–H groups in total. The molecule has 1 aromatic heterocycles. The number of amides is 2. The van der Waals surface area contributed by atoms with Crippen molar-refractivity contribution in [2.45, 2.75) is 26.4 Å². The van der Waals surface area contributed by atoms with Gasteiger partial charge in [0.2, 0.25) is 5.91 Å². The first-order chi connectivity index (χ1) is 16.2. The van der Waals surface area contributed by atoms with Crippen LogP contribution in [0.2, 0.25) is 0 Å². The minimum absolute atomic E-state index is 0.0782. The lowest BCUT2D eigenvalue weighted by Crippen LogP contribution is -2.36. The molecule has 2 heterocycles. The first-order valence-electron chi connectivity index (χ1n) is 11.4. The second-order valence-electron chi connectivity index (χ2n) is 8.13. The summed E-state index contributed by atoms with van der Waals surface area (Å²) >= 11 is 0. The molecule has 184 valence electrons. The zero-order chi connectivity index (χ0) is 24.7. The largest absolute Gasteiger partial charge is 0.417 e. The van der Waals surface area contributed by atoms with Gasteiger partial charge in [-0.2, -0.15) is 13.2 Å². The first-order valence-corrected chi connectivity index (χ1v) is 11.4. The minimum Gasteiger partial charge on any atom is -0.355 e. The fourth-order valence-electron chi connectivity index (χ4n) is 3.93. The second kappa shape index (κ2) is 11.3. The summed E-state index contributed by atoms with van der Waals surface area (Å²) < 4.78 is 38.3. The van der Waals surface area contributed by atoms with E-state index in [2.05, 4.69) is 10.3 Å². The van der Waals surface area contributed by atoms with E-state index in [1.807, 2.05) is 23.6 Å². The highest BCUT2D eigenvalue weighted by Gasteiger charge is 2.31. The molecule has 3 rings (SSSR count). The molecule has 0 radical (unpaired) electrons. The predicted octanol–water partition coefficient (Wildman–Crippen LogP) is 3.73. The van der Waals surface area contributed by atoms with E-state index in [9.17, 15) is 22.8 Å². The van der Waals surface area contributed by atoms with Crippen molar-refractivity contribution in [3.8, 4) is 0 Å². The van der Waals surface area contributed by atoms with Crippen LogP contribution in [0.4, 0.5) is 24.7 Å². The Hall–Kier alpha value is -3.14. The summed E-state index contributed by atoms with van der Waals surface area (Å²) in [4.78, 5) is 34.8. The number of pyridine rings is 1. The average Bonchev–Trinajstić information content (AvgIpc) is 3.05. The van der Waals surface area contributed by atoms with Crippen molar-refractivity contribution in [1.29, 1.82) is 0 Å². The van der Waals surface area contributed by atoms with Crippen LogP contribution in [-0.2, 0) is 11.0 Å². The topological polar surface area (TPSA) is 68.8 Å². The highest BCUT2D eigenvalue weighted by molar-refractivity contribution is 5.97. The van der Waals surface area contributed by atoms with Gasteiger partial charge in [0.1, 0.15) is 5.82 Å². The number of aromatic nitrogens is 1. The molecule has 1 fully saturated rings. The van der Waals surface area contributed by atoms with Gasteiger partial charge in [0, 0.05) is 56.7 Å². The molecule has 0 aliphatic carbocycles. The standard InChI is InChI=1S/C24H30F3N5O2/c1-3-31(4-2)23(34)18-7-5-8-20(15-18)29-22(33)17-30-11-6-12-32(14-13-30)21-10-9-19(16-28-21)24(25,26)27/h5,7-10,15-16H,3-4,6,11-14,17H2,1-2H3,(H,29,33). The third-order valence-electron chi connectivity index (χ3n) is 5.80. The molecule has 2 aromatic rings. The summed E-state index contributed by atoms with van der Waals surface area (Å²) in [6.45, 7) is 7.71. The lowest BCUT2D eigenvalue weighted by atomic mass is 10.1. The van der Waals surface area contributed by atoms with Gasteiger partial charge in [-0.1, -0.05) is 6.07 Å². The summed E-state index contributed by atoms with van der Waals surface area (Å²) in [5.74, 6) is 0.230. The van der Waals surface area contributed by atoms with Crippen LogP contribution in [0.25, 0.3) is 0 Å². The lowest BCUT2D eigenvalue weighted by Gasteiger charge is -2.23. The normalized spacial score (nSPS) is 15.0. The van der Waals surface area contributed by atoms with Gasteiger partial charge < -0.3 is 15.1 Å². The lowest BCUT2D eigenvalue weighted by molar-refractivity contribution is -0.137. The third kappa shape index (κ3) is 6.69. The summed E-state index contributed by atoms with van der Waals surface area (Å²) in [6.07, 6.45) is -2.80. The van der Waals surface area contributed by atoms with E-state index in [4.69, 9.17) is 0 Å². The Kier molecular flexibility index (Phi) is 8.49. The van der Waals surface area contributed by atoms with Crippen LogP contribution in [-0.4, -0.2) is 72.4 Å². The molecule has 0 unspecified atom stereocenters. The summed E-state index contributed by atoms with van der Waals surface area (Å²) in [5.41, 5.74) is 0.316. The zero-order valence-corrected chi connectivity index (χ0v) is 19.4. The van der Waals surface area contributed by atoms with Gasteiger partial charge in [-0.3, -0.25) is 14.5 Å². The maximum absolute atomic E-state index is 12.8. The molecule has 1 aromatic carbocycles. The summed E-state index contributed by atoms with van der Waals surface area (Å²) in [7, 11) is 0. The molecular weight excluding hydrogens is 447 g/mol. The van der Waals surface area contributed by atoms with E-state index in [1.54, 1.807) is 29.2 Å². The Morgan fingerprint density at radius 2 is 1.82 bits per heavy atom. The monoisotopic (exact) mass is 477 g/mol. The van der Waals surface area contributed by atoms with E-state index in [1.165, 1.54) is 6.07 Å². The molecule has 1 aliphatic rings. The number of benzene rings is 1. The Morgan fingerprint density at radius 1 is 1.06 bits per heavy atom. The number of rotatable bonds is 7. The van der Waals surface area contributed by atoms with E-state index in [0.29, 0.717) is 56.3 Å². The number of halogens is 3. The quantitative estimate of drug-likeness (QED) is 0.658. The van der Waals surface area contributed by atoms with Gasteiger partial charge in [-0.25, -0.2) is 4.98 Å². The summed E-state index contributed by atoms with van der Waals surface area (Å²) in [6, 6.07) is 9.33. The Balaban J connectivity index is 1.54. The van der Waals surface area contributed by atoms with Gasteiger partial charge in [0.15, 0.2) is 0 Å². The van der Waals surface area contributed by atoms with E-state index < -0.39 is 11.7 Å². The van der Waals surface area contributed by atoms with Gasteiger partial charge >= 0.3 is 6.18 Å². The molecule has 2 amide bonds. The predicted molar refractivity (Wildman–Crippen MR) is 125 cm³/mol. The minimum atomic E-state index is -4.41. The number of nitrogens with zero attached hydrogens (tertiary/aromatic N) is 4. The number of hydrogen-bond acceptors (Lipinski definition) is 5. The van der Waals surface area contributed by atoms with Gasteiger partial charge in [-0.15, -0.1) is 0 Å². The van der Waals surface area contributed by atoms with Crippen molar-refractivity contribution in [2.24, 2.45) is 0 Å². The molecule has 10 heteroatoms. The maximum atomic E-state index is 12.8. The number of hydrogen-bond donors (Lipinski definition) is 1. The van der Waals surface area contributed by atoms with Gasteiger partial charge in [-0.05, 0) is 50.6 Å². The number of carbonyl (C=O) groups excluding carboxylic acids is 2. The molecule has 0 bridgehead atoms. The van der Waals surface area contributed by atoms with Crippen molar-refractivity contribution >= 4 is 23.3 Å². The maximum Gasteiger partial charge on any atom is 0.417 e. The molecular formula is C24H30F3N5O2. The van der Waals surface area contributed by atoms with Crippen LogP contribution in [0.3, 0.4) is 0 Å². The zero-order valence-electron chi connectivity index (χ0n) is 19.4. The smallest absolute Gasteiger partial charge is 0.355 e. The van der Waals surface area contributed by atoms with Crippen LogP contribution in [0.1, 0.15) is 36.2 Å². The number of nitrogens with one attached hydrogen (secondary N) is 1.